The maximum absolute atomic E-state index is 12.6. The molecule has 5 nitrogen and oxygen atoms in total. The van der Waals surface area contributed by atoms with E-state index in [0.29, 0.717) is 5.69 Å². The third-order valence-corrected chi connectivity index (χ3v) is 4.30. The molecule has 5 heteroatoms. The van der Waals surface area contributed by atoms with E-state index in [-0.39, 0.29) is 18.4 Å². The Kier molecular flexibility index (Phi) is 7.21. The van der Waals surface area contributed by atoms with Crippen LogP contribution in [-0.4, -0.2) is 18.0 Å². The van der Waals surface area contributed by atoms with Gasteiger partial charge in [-0.2, -0.15) is 0 Å². The molecule has 2 aromatic rings. The first-order valence-corrected chi connectivity index (χ1v) is 8.84. The van der Waals surface area contributed by atoms with Crippen LogP contribution in [0.2, 0.25) is 0 Å². The molecule has 2 unspecified atom stereocenters. The second-order valence-corrected chi connectivity index (χ2v) is 6.42. The lowest BCUT2D eigenvalue weighted by molar-refractivity contribution is -0.119. The van der Waals surface area contributed by atoms with E-state index in [9.17, 15) is 9.59 Å². The fraction of sp³-hybridized carbons (Fsp3) is 0.333. The van der Waals surface area contributed by atoms with Crippen molar-refractivity contribution >= 4 is 17.7 Å². The van der Waals surface area contributed by atoms with Crippen molar-refractivity contribution in [3.63, 3.8) is 0 Å². The summed E-state index contributed by atoms with van der Waals surface area (Å²) in [7, 11) is 0. The van der Waals surface area contributed by atoms with Gasteiger partial charge in [0.05, 0.1) is 0 Å². The quantitative estimate of drug-likeness (QED) is 0.780. The summed E-state index contributed by atoms with van der Waals surface area (Å²) in [5.74, 6) is -0.274. The molecule has 0 radical (unpaired) electrons. The second-order valence-electron chi connectivity index (χ2n) is 6.42. The lowest BCUT2D eigenvalue weighted by Gasteiger charge is -2.23. The Morgan fingerprint density at radius 3 is 2.31 bits per heavy atom. The number of benzene rings is 2. The lowest BCUT2D eigenvalue weighted by atomic mass is 9.98. The van der Waals surface area contributed by atoms with Crippen molar-refractivity contribution in [3.05, 3.63) is 65.7 Å². The zero-order valence-electron chi connectivity index (χ0n) is 15.5. The molecule has 26 heavy (non-hydrogen) atoms. The average Bonchev–Trinajstić information content (AvgIpc) is 2.66. The van der Waals surface area contributed by atoms with Gasteiger partial charge in [-0.3, -0.25) is 4.79 Å². The molecular weight excluding hydrogens is 328 g/mol. The van der Waals surface area contributed by atoms with Crippen LogP contribution < -0.4 is 10.6 Å². The molecular formula is C21H26N2O3. The first kappa shape index (κ1) is 19.5. The summed E-state index contributed by atoms with van der Waals surface area (Å²) >= 11 is 0. The molecule has 2 aromatic carbocycles. The largest absolute Gasteiger partial charge is 0.445 e. The first-order valence-electron chi connectivity index (χ1n) is 8.84. The monoisotopic (exact) mass is 354 g/mol. The minimum absolute atomic E-state index is 0.0234. The van der Waals surface area contributed by atoms with Crippen LogP contribution in [0.15, 0.2) is 54.6 Å². The van der Waals surface area contributed by atoms with Gasteiger partial charge in [-0.25, -0.2) is 4.79 Å². The van der Waals surface area contributed by atoms with E-state index >= 15 is 0 Å². The van der Waals surface area contributed by atoms with Crippen molar-refractivity contribution < 1.29 is 14.3 Å². The SMILES string of the molecule is CCC(C)C(NC(=O)OCc1ccccc1)C(=O)Nc1ccc(C)cc1. The van der Waals surface area contributed by atoms with Crippen LogP contribution in [-0.2, 0) is 16.1 Å². The minimum Gasteiger partial charge on any atom is -0.445 e. The van der Waals surface area contributed by atoms with Crippen molar-refractivity contribution in [1.82, 2.24) is 5.32 Å². The van der Waals surface area contributed by atoms with Gasteiger partial charge in [0.1, 0.15) is 12.6 Å². The Labute approximate surface area is 154 Å². The molecule has 0 aliphatic carbocycles. The number of ether oxygens (including phenoxy) is 1. The molecule has 0 heterocycles. The number of hydrogen-bond acceptors (Lipinski definition) is 3. The molecule has 0 bridgehead atoms. The molecule has 2 rings (SSSR count). The zero-order chi connectivity index (χ0) is 18.9. The Morgan fingerprint density at radius 2 is 1.69 bits per heavy atom. The van der Waals surface area contributed by atoms with Gasteiger partial charge < -0.3 is 15.4 Å². The summed E-state index contributed by atoms with van der Waals surface area (Å²) < 4.78 is 5.24. The molecule has 2 atom stereocenters. The molecule has 0 aliphatic heterocycles. The van der Waals surface area contributed by atoms with Crippen LogP contribution in [0.4, 0.5) is 10.5 Å². The van der Waals surface area contributed by atoms with Crippen LogP contribution in [0, 0.1) is 12.8 Å². The van der Waals surface area contributed by atoms with E-state index < -0.39 is 12.1 Å². The van der Waals surface area contributed by atoms with Gasteiger partial charge in [0.25, 0.3) is 0 Å². The van der Waals surface area contributed by atoms with Crippen LogP contribution in [0.3, 0.4) is 0 Å². The number of carbonyl (C=O) groups is 2. The summed E-state index contributed by atoms with van der Waals surface area (Å²) in [5.41, 5.74) is 2.71. The number of hydrogen-bond donors (Lipinski definition) is 2. The Bertz CT molecular complexity index is 714. The van der Waals surface area contributed by atoms with Crippen molar-refractivity contribution in [2.45, 2.75) is 39.8 Å². The highest BCUT2D eigenvalue weighted by atomic mass is 16.5. The van der Waals surface area contributed by atoms with Crippen molar-refractivity contribution in [1.29, 1.82) is 0 Å². The third-order valence-electron chi connectivity index (χ3n) is 4.30. The van der Waals surface area contributed by atoms with E-state index in [0.717, 1.165) is 17.5 Å². The number of rotatable bonds is 7. The van der Waals surface area contributed by atoms with Crippen molar-refractivity contribution in [3.8, 4) is 0 Å². The standard InChI is InChI=1S/C21H26N2O3/c1-4-16(3)19(20(24)22-18-12-10-15(2)11-13-18)23-21(25)26-14-17-8-6-5-7-9-17/h5-13,16,19H,4,14H2,1-3H3,(H,22,24)(H,23,25). The number of aryl methyl sites for hydroxylation is 1. The number of amides is 2. The highest BCUT2D eigenvalue weighted by molar-refractivity contribution is 5.96. The number of nitrogens with one attached hydrogen (secondary N) is 2. The van der Waals surface area contributed by atoms with Crippen LogP contribution >= 0.6 is 0 Å². The maximum Gasteiger partial charge on any atom is 0.408 e. The van der Waals surface area contributed by atoms with Gasteiger partial charge in [-0.05, 0) is 30.5 Å². The van der Waals surface area contributed by atoms with E-state index in [1.807, 2.05) is 75.4 Å². The fourth-order valence-electron chi connectivity index (χ4n) is 2.45. The summed E-state index contributed by atoms with van der Waals surface area (Å²) in [5, 5.41) is 5.55. The summed E-state index contributed by atoms with van der Waals surface area (Å²) in [6, 6.07) is 16.3. The lowest BCUT2D eigenvalue weighted by Crippen LogP contribution is -2.47. The van der Waals surface area contributed by atoms with Gasteiger partial charge in [-0.1, -0.05) is 68.3 Å². The van der Waals surface area contributed by atoms with Gasteiger partial charge in [0.2, 0.25) is 5.91 Å². The van der Waals surface area contributed by atoms with Crippen molar-refractivity contribution in [2.24, 2.45) is 5.92 Å². The molecule has 0 aliphatic rings. The third kappa shape index (κ3) is 5.92. The Hall–Kier alpha value is -2.82. The smallest absolute Gasteiger partial charge is 0.408 e. The predicted octanol–water partition coefficient (Wildman–Crippen LogP) is 4.27. The average molecular weight is 354 g/mol. The minimum atomic E-state index is -0.662. The fourth-order valence-corrected chi connectivity index (χ4v) is 2.45. The molecule has 0 fully saturated rings. The molecule has 2 N–H and O–H groups in total. The van der Waals surface area contributed by atoms with Crippen molar-refractivity contribution in [2.75, 3.05) is 5.32 Å². The normalized spacial score (nSPS) is 12.7. The van der Waals surface area contributed by atoms with E-state index in [1.54, 1.807) is 0 Å². The molecule has 0 saturated heterocycles. The molecule has 138 valence electrons. The number of anilines is 1. The first-order chi connectivity index (χ1) is 12.5. The predicted molar refractivity (Wildman–Crippen MR) is 103 cm³/mol. The second kappa shape index (κ2) is 9.61. The molecule has 0 saturated carbocycles. The van der Waals surface area contributed by atoms with Gasteiger partial charge in [0.15, 0.2) is 0 Å². The Balaban J connectivity index is 1.96. The highest BCUT2D eigenvalue weighted by Crippen LogP contribution is 2.13. The molecule has 0 aromatic heterocycles. The topological polar surface area (TPSA) is 67.4 Å². The van der Waals surface area contributed by atoms with Crippen LogP contribution in [0.1, 0.15) is 31.4 Å². The number of alkyl carbamates (subject to hydrolysis) is 1. The van der Waals surface area contributed by atoms with Crippen LogP contribution in [0.25, 0.3) is 0 Å². The summed E-state index contributed by atoms with van der Waals surface area (Å²) in [6.45, 7) is 6.06. The van der Waals surface area contributed by atoms with Gasteiger partial charge in [0, 0.05) is 5.69 Å². The van der Waals surface area contributed by atoms with Crippen LogP contribution in [0.5, 0.6) is 0 Å². The van der Waals surface area contributed by atoms with E-state index in [1.165, 1.54) is 0 Å². The molecule has 0 spiro atoms. The maximum atomic E-state index is 12.6. The molecule has 2 amide bonds. The van der Waals surface area contributed by atoms with E-state index in [4.69, 9.17) is 4.74 Å². The van der Waals surface area contributed by atoms with Gasteiger partial charge >= 0.3 is 6.09 Å². The summed E-state index contributed by atoms with van der Waals surface area (Å²) in [6.07, 6.45) is 0.156. The zero-order valence-corrected chi connectivity index (χ0v) is 15.5. The highest BCUT2D eigenvalue weighted by Gasteiger charge is 2.26. The summed E-state index contributed by atoms with van der Waals surface area (Å²) in [4.78, 5) is 24.8. The number of carbonyl (C=O) groups excluding carboxylic acids is 2. The van der Waals surface area contributed by atoms with E-state index in [2.05, 4.69) is 10.6 Å². The Morgan fingerprint density at radius 1 is 1.04 bits per heavy atom. The van der Waals surface area contributed by atoms with Gasteiger partial charge in [-0.15, -0.1) is 0 Å².